The molecule has 1 N–H and O–H groups in total. The van der Waals surface area contributed by atoms with E-state index in [0.29, 0.717) is 6.04 Å². The van der Waals surface area contributed by atoms with E-state index in [4.69, 9.17) is 0 Å². The lowest BCUT2D eigenvalue weighted by Crippen LogP contribution is -2.35. The Balaban J connectivity index is 1.65. The Morgan fingerprint density at radius 2 is 2.21 bits per heavy atom. The molecule has 0 saturated heterocycles. The van der Waals surface area contributed by atoms with E-state index in [1.807, 2.05) is 16.5 Å². The quantitative estimate of drug-likeness (QED) is 0.572. The molecule has 3 aromatic rings. The van der Waals surface area contributed by atoms with E-state index in [2.05, 4.69) is 46.5 Å². The van der Waals surface area contributed by atoms with E-state index < -0.39 is 10.0 Å². The van der Waals surface area contributed by atoms with Crippen molar-refractivity contribution in [3.63, 3.8) is 0 Å². The lowest BCUT2D eigenvalue weighted by Gasteiger charge is -2.36. The molecule has 0 spiro atoms. The second-order valence-corrected chi connectivity index (χ2v) is 9.75. The molecule has 4 rings (SSSR count). The summed E-state index contributed by atoms with van der Waals surface area (Å²) in [7, 11) is -0.0940. The van der Waals surface area contributed by atoms with E-state index in [1.165, 1.54) is 7.05 Å². The minimum Gasteiger partial charge on any atom is -0.327 e. The third-order valence-electron chi connectivity index (χ3n) is 4.66. The van der Waals surface area contributed by atoms with Gasteiger partial charge in [0.2, 0.25) is 10.0 Å². The number of imidazole rings is 1. The first-order valence-corrected chi connectivity index (χ1v) is 12.5. The Kier molecular flexibility index (Phi) is 4.25. The number of sulfonamides is 1. The highest BCUT2D eigenvalue weighted by molar-refractivity contribution is 14.2. The van der Waals surface area contributed by atoms with Crippen molar-refractivity contribution in [2.45, 2.75) is 18.9 Å². The van der Waals surface area contributed by atoms with Crippen LogP contribution in [0.5, 0.6) is 0 Å². The molecule has 0 aliphatic heterocycles. The average molecular weight is 477 g/mol. The lowest BCUT2D eigenvalue weighted by atomic mass is 9.81. The number of rotatable bonds is 5. The van der Waals surface area contributed by atoms with E-state index in [1.54, 1.807) is 15.3 Å². The summed E-state index contributed by atoms with van der Waals surface area (Å²) in [4.78, 5) is 8.98. The number of hydrogen-bond acceptors (Lipinski definition) is 5. The van der Waals surface area contributed by atoms with Gasteiger partial charge in [0.1, 0.15) is 5.52 Å². The predicted molar refractivity (Wildman–Crippen MR) is 105 cm³/mol. The van der Waals surface area contributed by atoms with E-state index in [0.717, 1.165) is 34.9 Å². The number of nitrogens with one attached hydrogen (secondary N) is 1. The summed E-state index contributed by atoms with van der Waals surface area (Å²) in [5.41, 5.74) is 2.89. The van der Waals surface area contributed by atoms with Crippen LogP contribution in [0.15, 0.2) is 24.8 Å². The number of fused-ring (bicyclic) bond motifs is 3. The normalized spacial score (nSPS) is 21.4. The summed E-state index contributed by atoms with van der Waals surface area (Å²) in [5.74, 6) is 0.405. The molecule has 3 aromatic heterocycles. The Hall–Kier alpha value is -0.850. The standard InChI is InChI=1S/C14H16IN5O2S2/c1-16-24(21,22)7-9-4-10(5-9)19-8-18-12-6-17-14-11(13(12)19)2-3-20(14)23-15/h2-3,6,8-10,16H,4-5,7H2,1H3. The second-order valence-electron chi connectivity index (χ2n) is 6.07. The molecule has 0 amide bonds. The largest absolute Gasteiger partial charge is 0.327 e. The molecule has 1 aliphatic rings. The Bertz CT molecular complexity index is 1010. The highest BCUT2D eigenvalue weighted by atomic mass is 127. The molecule has 7 nitrogen and oxygen atoms in total. The summed E-state index contributed by atoms with van der Waals surface area (Å²) in [5, 5.41) is 1.08. The van der Waals surface area contributed by atoms with Gasteiger partial charge in [-0.25, -0.2) is 23.1 Å². The average Bonchev–Trinajstić information content (AvgIpc) is 3.13. The second kappa shape index (κ2) is 6.15. The fourth-order valence-corrected chi connectivity index (χ4v) is 5.71. The molecule has 0 unspecified atom stereocenters. The fraction of sp³-hybridized carbons (Fsp3) is 0.429. The molecule has 24 heavy (non-hydrogen) atoms. The predicted octanol–water partition coefficient (Wildman–Crippen LogP) is 2.73. The van der Waals surface area contributed by atoms with Gasteiger partial charge in [0.15, 0.2) is 5.65 Å². The molecule has 0 atom stereocenters. The van der Waals surface area contributed by atoms with Gasteiger partial charge in [-0.2, -0.15) is 0 Å². The number of hydrogen-bond donors (Lipinski definition) is 1. The molecule has 0 bridgehead atoms. The van der Waals surface area contributed by atoms with Crippen molar-refractivity contribution in [1.29, 1.82) is 0 Å². The summed E-state index contributed by atoms with van der Waals surface area (Å²) >= 11 is 2.23. The van der Waals surface area contributed by atoms with Gasteiger partial charge >= 0.3 is 0 Å². The first-order chi connectivity index (χ1) is 11.5. The van der Waals surface area contributed by atoms with Crippen molar-refractivity contribution in [1.82, 2.24) is 23.2 Å². The van der Waals surface area contributed by atoms with Crippen LogP contribution in [0.25, 0.3) is 22.1 Å². The molecule has 1 saturated carbocycles. The van der Waals surface area contributed by atoms with Crippen LogP contribution in [0.2, 0.25) is 0 Å². The maximum absolute atomic E-state index is 11.7. The van der Waals surface area contributed by atoms with E-state index >= 15 is 0 Å². The van der Waals surface area contributed by atoms with Gasteiger partial charge in [-0.3, -0.25) is 3.97 Å². The molecule has 1 fully saturated rings. The third kappa shape index (κ3) is 2.72. The molecule has 0 radical (unpaired) electrons. The Morgan fingerprint density at radius 3 is 2.92 bits per heavy atom. The Labute approximate surface area is 156 Å². The Morgan fingerprint density at radius 1 is 1.42 bits per heavy atom. The first kappa shape index (κ1) is 16.6. The van der Waals surface area contributed by atoms with Crippen molar-refractivity contribution >= 4 is 62.4 Å². The lowest BCUT2D eigenvalue weighted by molar-refractivity contribution is 0.222. The van der Waals surface area contributed by atoms with Gasteiger partial charge in [-0.1, -0.05) is 0 Å². The van der Waals surface area contributed by atoms with Crippen LogP contribution < -0.4 is 4.72 Å². The van der Waals surface area contributed by atoms with Gasteiger partial charge in [-0.15, -0.1) is 0 Å². The van der Waals surface area contributed by atoms with E-state index in [-0.39, 0.29) is 11.7 Å². The smallest absolute Gasteiger partial charge is 0.211 e. The van der Waals surface area contributed by atoms with Gasteiger partial charge < -0.3 is 4.57 Å². The summed E-state index contributed by atoms with van der Waals surface area (Å²) in [6.45, 7) is 0. The third-order valence-corrected chi connectivity index (χ3v) is 7.91. The highest BCUT2D eigenvalue weighted by Crippen LogP contribution is 2.41. The summed E-state index contributed by atoms with van der Waals surface area (Å²) < 4.78 is 29.9. The number of halogens is 1. The highest BCUT2D eigenvalue weighted by Gasteiger charge is 2.34. The zero-order chi connectivity index (χ0) is 16.9. The zero-order valence-electron chi connectivity index (χ0n) is 12.9. The molecule has 128 valence electrons. The van der Waals surface area contributed by atoms with Crippen molar-refractivity contribution in [2.24, 2.45) is 5.92 Å². The first-order valence-electron chi connectivity index (χ1n) is 7.55. The summed E-state index contributed by atoms with van der Waals surface area (Å²) in [6.07, 6.45) is 7.39. The van der Waals surface area contributed by atoms with Crippen LogP contribution in [0.1, 0.15) is 18.9 Å². The molecule has 10 heteroatoms. The minimum atomic E-state index is -3.14. The van der Waals surface area contributed by atoms with Gasteiger partial charge in [0, 0.05) is 47.9 Å². The van der Waals surface area contributed by atoms with Crippen LogP contribution in [0, 0.1) is 5.92 Å². The molecular weight excluding hydrogens is 461 g/mol. The molecule has 1 aliphatic carbocycles. The van der Waals surface area contributed by atoms with Gasteiger partial charge in [0.25, 0.3) is 0 Å². The topological polar surface area (TPSA) is 81.8 Å². The van der Waals surface area contributed by atoms with Gasteiger partial charge in [-0.05, 0) is 31.9 Å². The van der Waals surface area contributed by atoms with Crippen LogP contribution in [0.3, 0.4) is 0 Å². The zero-order valence-corrected chi connectivity index (χ0v) is 16.7. The monoisotopic (exact) mass is 477 g/mol. The summed E-state index contributed by atoms with van der Waals surface area (Å²) in [6, 6.07) is 2.36. The molecule has 0 aromatic carbocycles. The number of aromatic nitrogens is 4. The van der Waals surface area contributed by atoms with Crippen LogP contribution in [-0.2, 0) is 10.0 Å². The van der Waals surface area contributed by atoms with Gasteiger partial charge in [0.05, 0.1) is 23.8 Å². The number of pyridine rings is 1. The number of nitrogens with zero attached hydrogens (tertiary/aromatic N) is 4. The van der Waals surface area contributed by atoms with Crippen LogP contribution >= 0.6 is 30.3 Å². The molecule has 3 heterocycles. The van der Waals surface area contributed by atoms with Crippen molar-refractivity contribution in [3.05, 3.63) is 24.8 Å². The SMILES string of the molecule is CNS(=O)(=O)CC1CC(n2cnc3cnc4c(ccn4SI)c32)C1. The maximum atomic E-state index is 11.7. The van der Waals surface area contributed by atoms with E-state index in [9.17, 15) is 8.42 Å². The fourth-order valence-electron chi connectivity index (χ4n) is 3.38. The minimum absolute atomic E-state index is 0.200. The van der Waals surface area contributed by atoms with Crippen LogP contribution in [0.4, 0.5) is 0 Å². The van der Waals surface area contributed by atoms with Crippen molar-refractivity contribution in [3.8, 4) is 0 Å². The molecular formula is C14H16IN5O2S2. The maximum Gasteiger partial charge on any atom is 0.211 e. The van der Waals surface area contributed by atoms with Crippen molar-refractivity contribution in [2.75, 3.05) is 12.8 Å². The van der Waals surface area contributed by atoms with Crippen molar-refractivity contribution < 1.29 is 8.42 Å². The van der Waals surface area contributed by atoms with Crippen LogP contribution in [-0.4, -0.2) is 39.7 Å².